The summed E-state index contributed by atoms with van der Waals surface area (Å²) in [5.74, 6) is 0. The van der Waals surface area contributed by atoms with Gasteiger partial charge in [0, 0.05) is 19.6 Å². The van der Waals surface area contributed by atoms with Crippen molar-refractivity contribution < 1.29 is 4.42 Å². The van der Waals surface area contributed by atoms with E-state index in [1.165, 1.54) is 0 Å². The Hall–Kier alpha value is -1.55. The van der Waals surface area contributed by atoms with Gasteiger partial charge in [-0.2, -0.15) is 4.98 Å². The molecule has 0 radical (unpaired) electrons. The summed E-state index contributed by atoms with van der Waals surface area (Å²) in [5, 5.41) is 0. The fraction of sp³-hybridized carbons (Fsp3) is 0.417. The van der Waals surface area contributed by atoms with Gasteiger partial charge in [-0.1, -0.05) is 19.1 Å². The van der Waals surface area contributed by atoms with E-state index in [2.05, 4.69) is 16.8 Å². The molecule has 86 valence electrons. The van der Waals surface area contributed by atoms with Crippen molar-refractivity contribution in [1.82, 2.24) is 4.98 Å². The first-order valence-corrected chi connectivity index (χ1v) is 5.65. The third-order valence-corrected chi connectivity index (χ3v) is 2.45. The number of oxazole rings is 1. The van der Waals surface area contributed by atoms with Gasteiger partial charge < -0.3 is 15.1 Å². The second kappa shape index (κ2) is 4.99. The van der Waals surface area contributed by atoms with Crippen LogP contribution in [0.15, 0.2) is 28.7 Å². The number of aromatic nitrogens is 1. The Balaban J connectivity index is 2.29. The van der Waals surface area contributed by atoms with E-state index >= 15 is 0 Å². The van der Waals surface area contributed by atoms with Gasteiger partial charge in [-0.25, -0.2) is 0 Å². The number of hydrogen-bond donors (Lipinski definition) is 1. The minimum Gasteiger partial charge on any atom is -0.423 e. The molecular formula is C12H17N3O. The molecule has 0 amide bonds. The number of nitrogens with two attached hydrogens (primary N) is 1. The average Bonchev–Trinajstić information content (AvgIpc) is 2.72. The highest BCUT2D eigenvalue weighted by Crippen LogP contribution is 2.21. The van der Waals surface area contributed by atoms with Crippen molar-refractivity contribution in [3.63, 3.8) is 0 Å². The highest BCUT2D eigenvalue weighted by molar-refractivity contribution is 5.74. The molecule has 16 heavy (non-hydrogen) atoms. The van der Waals surface area contributed by atoms with Crippen LogP contribution >= 0.6 is 0 Å². The van der Waals surface area contributed by atoms with E-state index in [9.17, 15) is 0 Å². The van der Waals surface area contributed by atoms with Crippen LogP contribution in [0, 0.1) is 0 Å². The first kappa shape index (κ1) is 11.0. The largest absolute Gasteiger partial charge is 0.423 e. The Labute approximate surface area is 95.1 Å². The van der Waals surface area contributed by atoms with Gasteiger partial charge in [-0.3, -0.25) is 0 Å². The molecule has 0 aliphatic carbocycles. The van der Waals surface area contributed by atoms with Crippen LogP contribution in [-0.2, 0) is 0 Å². The lowest BCUT2D eigenvalue weighted by Crippen LogP contribution is -2.30. The number of anilines is 1. The molecule has 0 unspecified atom stereocenters. The van der Waals surface area contributed by atoms with E-state index in [4.69, 9.17) is 10.2 Å². The first-order valence-electron chi connectivity index (χ1n) is 5.65. The fourth-order valence-corrected chi connectivity index (χ4v) is 1.72. The lowest BCUT2D eigenvalue weighted by Gasteiger charge is -2.18. The molecule has 0 saturated heterocycles. The monoisotopic (exact) mass is 219 g/mol. The zero-order chi connectivity index (χ0) is 11.4. The molecule has 0 saturated carbocycles. The minimum absolute atomic E-state index is 0.610. The summed E-state index contributed by atoms with van der Waals surface area (Å²) < 4.78 is 5.69. The maximum Gasteiger partial charge on any atom is 0.298 e. The van der Waals surface area contributed by atoms with Crippen LogP contribution in [-0.4, -0.2) is 24.6 Å². The molecule has 0 aliphatic heterocycles. The van der Waals surface area contributed by atoms with E-state index < -0.39 is 0 Å². The minimum atomic E-state index is 0.610. The van der Waals surface area contributed by atoms with E-state index in [0.717, 1.165) is 30.6 Å². The molecule has 0 aliphatic rings. The van der Waals surface area contributed by atoms with Crippen LogP contribution in [0.2, 0.25) is 0 Å². The second-order valence-electron chi connectivity index (χ2n) is 3.74. The van der Waals surface area contributed by atoms with Crippen LogP contribution in [0.1, 0.15) is 13.3 Å². The third kappa shape index (κ3) is 2.17. The second-order valence-corrected chi connectivity index (χ2v) is 3.74. The highest BCUT2D eigenvalue weighted by atomic mass is 16.4. The van der Waals surface area contributed by atoms with Gasteiger partial charge in [0.05, 0.1) is 0 Å². The SMILES string of the molecule is CCCN(CCN)c1nc2ccccc2o1. The molecule has 2 rings (SSSR count). The number of rotatable bonds is 5. The van der Waals surface area contributed by atoms with Crippen LogP contribution in [0.5, 0.6) is 0 Å². The Kier molecular flexibility index (Phi) is 3.41. The van der Waals surface area contributed by atoms with Gasteiger partial charge >= 0.3 is 0 Å². The van der Waals surface area contributed by atoms with Gasteiger partial charge in [0.2, 0.25) is 0 Å². The normalized spacial score (nSPS) is 10.9. The van der Waals surface area contributed by atoms with Crippen LogP contribution < -0.4 is 10.6 Å². The summed E-state index contributed by atoms with van der Waals surface area (Å²) in [6.45, 7) is 4.44. The summed E-state index contributed by atoms with van der Waals surface area (Å²) in [6, 6.07) is 8.47. The van der Waals surface area contributed by atoms with Gasteiger partial charge in [0.1, 0.15) is 5.52 Å². The predicted octanol–water partition coefficient (Wildman–Crippen LogP) is 2.00. The molecule has 2 aromatic rings. The summed E-state index contributed by atoms with van der Waals surface area (Å²) in [7, 11) is 0. The first-order chi connectivity index (χ1) is 7.85. The molecule has 0 fully saturated rings. The van der Waals surface area contributed by atoms with Gasteiger partial charge in [-0.05, 0) is 18.6 Å². The zero-order valence-electron chi connectivity index (χ0n) is 9.52. The Morgan fingerprint density at radius 3 is 2.81 bits per heavy atom. The molecule has 0 atom stereocenters. The highest BCUT2D eigenvalue weighted by Gasteiger charge is 2.11. The van der Waals surface area contributed by atoms with Gasteiger partial charge in [0.15, 0.2) is 5.58 Å². The van der Waals surface area contributed by atoms with Crippen molar-refractivity contribution >= 4 is 17.1 Å². The molecule has 1 heterocycles. The summed E-state index contributed by atoms with van der Waals surface area (Å²) in [5.41, 5.74) is 7.31. The van der Waals surface area contributed by atoms with E-state index in [-0.39, 0.29) is 0 Å². The van der Waals surface area contributed by atoms with Crippen molar-refractivity contribution in [3.8, 4) is 0 Å². The molecule has 0 spiro atoms. The molecule has 0 bridgehead atoms. The summed E-state index contributed by atoms with van der Waals surface area (Å²) in [6.07, 6.45) is 1.05. The quantitative estimate of drug-likeness (QED) is 0.835. The zero-order valence-corrected chi connectivity index (χ0v) is 9.52. The summed E-state index contributed by atoms with van der Waals surface area (Å²) in [4.78, 5) is 6.54. The maximum atomic E-state index is 5.69. The third-order valence-electron chi connectivity index (χ3n) is 2.45. The van der Waals surface area contributed by atoms with Crippen molar-refractivity contribution in [1.29, 1.82) is 0 Å². The average molecular weight is 219 g/mol. The van der Waals surface area contributed by atoms with Crippen molar-refractivity contribution in [2.75, 3.05) is 24.5 Å². The lowest BCUT2D eigenvalue weighted by molar-refractivity contribution is 0.564. The Bertz CT molecular complexity index is 413. The maximum absolute atomic E-state index is 5.69. The van der Waals surface area contributed by atoms with E-state index in [0.29, 0.717) is 12.6 Å². The number of fused-ring (bicyclic) bond motifs is 1. The number of para-hydroxylation sites is 2. The molecule has 4 nitrogen and oxygen atoms in total. The Morgan fingerprint density at radius 1 is 1.31 bits per heavy atom. The molecule has 4 heteroatoms. The molecule has 2 N–H and O–H groups in total. The fourth-order valence-electron chi connectivity index (χ4n) is 1.72. The molecule has 1 aromatic carbocycles. The van der Waals surface area contributed by atoms with Crippen molar-refractivity contribution in [3.05, 3.63) is 24.3 Å². The smallest absolute Gasteiger partial charge is 0.298 e. The number of benzene rings is 1. The van der Waals surface area contributed by atoms with Crippen molar-refractivity contribution in [2.45, 2.75) is 13.3 Å². The van der Waals surface area contributed by atoms with Gasteiger partial charge in [0.25, 0.3) is 6.01 Å². The lowest BCUT2D eigenvalue weighted by atomic mass is 10.3. The topological polar surface area (TPSA) is 55.3 Å². The van der Waals surface area contributed by atoms with E-state index in [1.807, 2.05) is 24.3 Å². The number of nitrogens with zero attached hydrogens (tertiary/aromatic N) is 2. The van der Waals surface area contributed by atoms with Crippen LogP contribution in [0.25, 0.3) is 11.1 Å². The van der Waals surface area contributed by atoms with Crippen molar-refractivity contribution in [2.24, 2.45) is 5.73 Å². The number of hydrogen-bond acceptors (Lipinski definition) is 4. The van der Waals surface area contributed by atoms with Crippen LogP contribution in [0.3, 0.4) is 0 Å². The Morgan fingerprint density at radius 2 is 2.12 bits per heavy atom. The molecular weight excluding hydrogens is 202 g/mol. The summed E-state index contributed by atoms with van der Waals surface area (Å²) >= 11 is 0. The molecule has 1 aromatic heterocycles. The van der Waals surface area contributed by atoms with Crippen LogP contribution in [0.4, 0.5) is 6.01 Å². The predicted molar refractivity (Wildman–Crippen MR) is 65.6 cm³/mol. The van der Waals surface area contributed by atoms with Gasteiger partial charge in [-0.15, -0.1) is 0 Å². The van der Waals surface area contributed by atoms with E-state index in [1.54, 1.807) is 0 Å². The standard InChI is InChI=1S/C12H17N3O/c1-2-8-15(9-7-13)12-14-10-5-3-4-6-11(10)16-12/h3-6H,2,7-9,13H2,1H3.